The van der Waals surface area contributed by atoms with Crippen LogP contribution in [0.1, 0.15) is 5.56 Å². The maximum absolute atomic E-state index is 5.67. The van der Waals surface area contributed by atoms with Gasteiger partial charge in [-0.15, -0.1) is 0 Å². The van der Waals surface area contributed by atoms with Crippen molar-refractivity contribution in [2.45, 2.75) is 6.54 Å². The van der Waals surface area contributed by atoms with Crippen LogP contribution in [0.25, 0.3) is 11.1 Å². The highest BCUT2D eigenvalue weighted by molar-refractivity contribution is 6.32. The van der Waals surface area contributed by atoms with Gasteiger partial charge in [-0.2, -0.15) is 0 Å². The Morgan fingerprint density at radius 1 is 1.00 bits per heavy atom. The van der Waals surface area contributed by atoms with Crippen molar-refractivity contribution in [2.75, 3.05) is 0 Å². The minimum atomic E-state index is 0.105. The molecule has 0 bridgehead atoms. The second-order valence-electron chi connectivity index (χ2n) is 4.06. The topological polar surface area (TPSA) is 64.4 Å². The van der Waals surface area contributed by atoms with Gasteiger partial charge in [0.2, 0.25) is 0 Å². The molecule has 4 N–H and O–H groups in total. The van der Waals surface area contributed by atoms with Gasteiger partial charge in [0.05, 0.1) is 6.54 Å². The second-order valence-corrected chi connectivity index (χ2v) is 4.06. The van der Waals surface area contributed by atoms with E-state index in [-0.39, 0.29) is 5.96 Å². The average molecular weight is 235 g/mol. The molecular formula is C14H14BN3. The normalized spacial score (nSPS) is 10.0. The zero-order valence-electron chi connectivity index (χ0n) is 10.0. The van der Waals surface area contributed by atoms with Crippen LogP contribution in [0.5, 0.6) is 0 Å². The van der Waals surface area contributed by atoms with Crippen molar-refractivity contribution in [1.29, 1.82) is 0 Å². The summed E-state index contributed by atoms with van der Waals surface area (Å²) in [5.74, 6) is 0.105. The summed E-state index contributed by atoms with van der Waals surface area (Å²) in [4.78, 5) is 4.00. The summed E-state index contributed by atoms with van der Waals surface area (Å²) in [6.07, 6.45) is 0. The van der Waals surface area contributed by atoms with E-state index in [2.05, 4.69) is 11.1 Å². The predicted molar refractivity (Wildman–Crippen MR) is 76.8 cm³/mol. The summed E-state index contributed by atoms with van der Waals surface area (Å²) in [5, 5.41) is 0. The van der Waals surface area contributed by atoms with Crippen molar-refractivity contribution in [3.8, 4) is 11.1 Å². The van der Waals surface area contributed by atoms with Crippen LogP contribution in [0.2, 0.25) is 0 Å². The van der Waals surface area contributed by atoms with Gasteiger partial charge in [-0.3, -0.25) is 0 Å². The van der Waals surface area contributed by atoms with Crippen LogP contribution in [0.4, 0.5) is 0 Å². The van der Waals surface area contributed by atoms with Crippen LogP contribution in [-0.2, 0) is 6.54 Å². The molecule has 0 aromatic heterocycles. The summed E-state index contributed by atoms with van der Waals surface area (Å²) in [7, 11) is 5.67. The Hall–Kier alpha value is -2.23. The average Bonchev–Trinajstić information content (AvgIpc) is 2.37. The third-order valence-electron chi connectivity index (χ3n) is 2.62. The summed E-state index contributed by atoms with van der Waals surface area (Å²) >= 11 is 0. The molecule has 0 heterocycles. The first kappa shape index (κ1) is 12.2. The summed E-state index contributed by atoms with van der Waals surface area (Å²) in [6, 6.07) is 15.9. The van der Waals surface area contributed by atoms with Crippen LogP contribution in [0.3, 0.4) is 0 Å². The van der Waals surface area contributed by atoms with Crippen molar-refractivity contribution in [3.05, 3.63) is 54.1 Å². The maximum atomic E-state index is 5.67. The molecule has 0 aliphatic rings. The Kier molecular flexibility index (Phi) is 3.67. The molecule has 0 atom stereocenters. The van der Waals surface area contributed by atoms with Gasteiger partial charge in [0.25, 0.3) is 0 Å². The highest BCUT2D eigenvalue weighted by Crippen LogP contribution is 2.19. The maximum Gasteiger partial charge on any atom is 0.186 e. The predicted octanol–water partition coefficient (Wildman–Crippen LogP) is 0.921. The molecule has 0 amide bonds. The Labute approximate surface area is 108 Å². The van der Waals surface area contributed by atoms with E-state index in [1.165, 1.54) is 0 Å². The van der Waals surface area contributed by atoms with Gasteiger partial charge in [0, 0.05) is 0 Å². The fourth-order valence-corrected chi connectivity index (χ4v) is 1.71. The van der Waals surface area contributed by atoms with Gasteiger partial charge >= 0.3 is 0 Å². The van der Waals surface area contributed by atoms with Crippen LogP contribution in [0.15, 0.2) is 53.5 Å². The molecule has 4 heteroatoms. The molecule has 3 nitrogen and oxygen atoms in total. The Morgan fingerprint density at radius 3 is 2.39 bits per heavy atom. The van der Waals surface area contributed by atoms with Crippen LogP contribution in [-0.4, -0.2) is 13.8 Å². The lowest BCUT2D eigenvalue weighted by molar-refractivity contribution is 1.06. The third-order valence-corrected chi connectivity index (χ3v) is 2.62. The third kappa shape index (κ3) is 3.14. The van der Waals surface area contributed by atoms with E-state index in [1.54, 1.807) is 0 Å². The van der Waals surface area contributed by atoms with Gasteiger partial charge in [0.1, 0.15) is 7.85 Å². The molecule has 2 aromatic carbocycles. The van der Waals surface area contributed by atoms with E-state index in [0.29, 0.717) is 6.54 Å². The first-order valence-corrected chi connectivity index (χ1v) is 5.65. The molecule has 0 saturated heterocycles. The number of aliphatic imine (C=N–C) groups is 1. The summed E-state index contributed by atoms with van der Waals surface area (Å²) in [6.45, 7) is 0.491. The van der Waals surface area contributed by atoms with E-state index in [9.17, 15) is 0 Å². The Morgan fingerprint density at radius 2 is 1.72 bits per heavy atom. The van der Waals surface area contributed by atoms with E-state index >= 15 is 0 Å². The van der Waals surface area contributed by atoms with Gasteiger partial charge in [0.15, 0.2) is 5.96 Å². The minimum absolute atomic E-state index is 0.105. The standard InChI is InChI=1S/C14H14BN3/c15-13-6-4-11(5-7-13)12-3-1-2-10(8-12)9-18-14(16)17/h1-8H,9H2,(H4,16,17,18). The highest BCUT2D eigenvalue weighted by Gasteiger charge is 1.99. The Bertz CT molecular complexity index is 558. The number of rotatable bonds is 3. The van der Waals surface area contributed by atoms with E-state index in [4.69, 9.17) is 19.3 Å². The fraction of sp³-hybridized carbons (Fsp3) is 0.0714. The second kappa shape index (κ2) is 5.40. The van der Waals surface area contributed by atoms with Gasteiger partial charge in [-0.05, 0) is 22.8 Å². The van der Waals surface area contributed by atoms with E-state index in [0.717, 1.165) is 22.2 Å². The molecule has 2 rings (SSSR count). The molecular weight excluding hydrogens is 221 g/mol. The monoisotopic (exact) mass is 235 g/mol. The quantitative estimate of drug-likeness (QED) is 0.472. The number of guanidine groups is 1. The molecule has 0 unspecified atom stereocenters. The molecule has 0 aliphatic heterocycles. The summed E-state index contributed by atoms with van der Waals surface area (Å²) in [5.41, 5.74) is 14.7. The van der Waals surface area contributed by atoms with E-state index in [1.807, 2.05) is 42.5 Å². The van der Waals surface area contributed by atoms with E-state index < -0.39 is 0 Å². The van der Waals surface area contributed by atoms with Gasteiger partial charge < -0.3 is 11.5 Å². The lowest BCUT2D eigenvalue weighted by Crippen LogP contribution is -2.22. The number of hydrogen-bond acceptors (Lipinski definition) is 1. The molecule has 18 heavy (non-hydrogen) atoms. The van der Waals surface area contributed by atoms with Gasteiger partial charge in [-0.1, -0.05) is 47.9 Å². The van der Waals surface area contributed by atoms with Crippen molar-refractivity contribution in [2.24, 2.45) is 16.5 Å². The number of benzene rings is 2. The van der Waals surface area contributed by atoms with Crippen molar-refractivity contribution in [3.63, 3.8) is 0 Å². The lowest BCUT2D eigenvalue weighted by atomic mass is 9.93. The van der Waals surface area contributed by atoms with Crippen LogP contribution < -0.4 is 16.9 Å². The van der Waals surface area contributed by atoms with Crippen molar-refractivity contribution in [1.82, 2.24) is 0 Å². The number of hydrogen-bond donors (Lipinski definition) is 2. The fourth-order valence-electron chi connectivity index (χ4n) is 1.71. The lowest BCUT2D eigenvalue weighted by Gasteiger charge is -2.05. The van der Waals surface area contributed by atoms with Crippen LogP contribution >= 0.6 is 0 Å². The first-order valence-electron chi connectivity index (χ1n) is 5.65. The van der Waals surface area contributed by atoms with Crippen molar-refractivity contribution < 1.29 is 0 Å². The van der Waals surface area contributed by atoms with Crippen molar-refractivity contribution >= 4 is 19.3 Å². The highest BCUT2D eigenvalue weighted by atomic mass is 15.0. The largest absolute Gasteiger partial charge is 0.370 e. The molecule has 2 radical (unpaired) electrons. The minimum Gasteiger partial charge on any atom is -0.370 e. The Balaban J connectivity index is 2.26. The summed E-state index contributed by atoms with van der Waals surface area (Å²) < 4.78 is 0. The van der Waals surface area contributed by atoms with Crippen LogP contribution in [0, 0.1) is 0 Å². The molecule has 2 aromatic rings. The molecule has 0 saturated carbocycles. The SMILES string of the molecule is [B]c1ccc(-c2cccc(CN=C(N)N)c2)cc1. The zero-order valence-corrected chi connectivity index (χ0v) is 10.0. The molecule has 88 valence electrons. The first-order chi connectivity index (χ1) is 8.65. The van der Waals surface area contributed by atoms with Gasteiger partial charge in [-0.25, -0.2) is 4.99 Å². The molecule has 0 aliphatic carbocycles. The molecule has 0 spiro atoms. The number of nitrogens with zero attached hydrogens (tertiary/aromatic N) is 1. The smallest absolute Gasteiger partial charge is 0.186 e. The zero-order chi connectivity index (χ0) is 13.0. The number of nitrogens with two attached hydrogens (primary N) is 2. The molecule has 0 fully saturated rings.